The maximum atomic E-state index is 12.7. The van der Waals surface area contributed by atoms with Crippen molar-refractivity contribution in [2.45, 2.75) is 32.1 Å². The number of hydrogen-bond donors (Lipinski definition) is 0. The number of hydrogen-bond acceptors (Lipinski definition) is 3. The van der Waals surface area contributed by atoms with Crippen LogP contribution in [-0.4, -0.2) is 5.78 Å². The fourth-order valence-corrected chi connectivity index (χ4v) is 2.61. The van der Waals surface area contributed by atoms with Crippen LogP contribution in [0.5, 0.6) is 0 Å². The molecule has 0 radical (unpaired) electrons. The third-order valence-electron chi connectivity index (χ3n) is 3.69. The molecule has 0 aromatic carbocycles. The lowest BCUT2D eigenvalue weighted by Gasteiger charge is -2.14. The molecule has 2 aromatic heterocycles. The van der Waals surface area contributed by atoms with E-state index in [9.17, 15) is 4.79 Å². The Bertz CT molecular complexity index is 586. The molecule has 3 rings (SSSR count). The topological polar surface area (TPSA) is 43.4 Å². The minimum atomic E-state index is 0.113. The van der Waals surface area contributed by atoms with E-state index in [1.54, 1.807) is 12.5 Å². The SMILES string of the molecule is O=C1/C(=C/c2ccco2)CCCCC/C1=C\c1ccco1. The van der Waals surface area contributed by atoms with Crippen molar-refractivity contribution in [3.8, 4) is 0 Å². The molecular weight excluding hydrogens is 264 g/mol. The van der Waals surface area contributed by atoms with Gasteiger partial charge in [0.2, 0.25) is 0 Å². The van der Waals surface area contributed by atoms with Gasteiger partial charge in [-0.2, -0.15) is 0 Å². The molecule has 21 heavy (non-hydrogen) atoms. The zero-order chi connectivity index (χ0) is 14.5. The quantitative estimate of drug-likeness (QED) is 0.738. The second-order valence-corrected chi connectivity index (χ2v) is 5.26. The van der Waals surface area contributed by atoms with Crippen LogP contribution in [0.25, 0.3) is 12.2 Å². The van der Waals surface area contributed by atoms with Crippen molar-refractivity contribution in [2.24, 2.45) is 0 Å². The molecule has 0 atom stereocenters. The van der Waals surface area contributed by atoms with E-state index in [2.05, 4.69) is 0 Å². The van der Waals surface area contributed by atoms with Gasteiger partial charge >= 0.3 is 0 Å². The summed E-state index contributed by atoms with van der Waals surface area (Å²) < 4.78 is 10.7. The predicted octanol–water partition coefficient (Wildman–Crippen LogP) is 4.87. The molecule has 0 aliphatic heterocycles. The lowest BCUT2D eigenvalue weighted by Crippen LogP contribution is -2.09. The van der Waals surface area contributed by atoms with E-state index in [1.165, 1.54) is 0 Å². The van der Waals surface area contributed by atoms with Crippen molar-refractivity contribution in [1.29, 1.82) is 0 Å². The van der Waals surface area contributed by atoms with Gasteiger partial charge < -0.3 is 8.83 Å². The first kappa shape index (κ1) is 13.7. The number of rotatable bonds is 2. The molecule has 1 aliphatic carbocycles. The van der Waals surface area contributed by atoms with Crippen LogP contribution < -0.4 is 0 Å². The van der Waals surface area contributed by atoms with E-state index in [-0.39, 0.29) is 5.78 Å². The second kappa shape index (κ2) is 6.44. The highest BCUT2D eigenvalue weighted by Gasteiger charge is 2.18. The molecule has 0 unspecified atom stereocenters. The molecule has 2 aromatic rings. The van der Waals surface area contributed by atoms with Crippen molar-refractivity contribution in [3.05, 3.63) is 59.5 Å². The minimum absolute atomic E-state index is 0.113. The van der Waals surface area contributed by atoms with E-state index < -0.39 is 0 Å². The fraction of sp³-hybridized carbons (Fsp3) is 0.278. The van der Waals surface area contributed by atoms with Gasteiger partial charge in [-0.25, -0.2) is 0 Å². The van der Waals surface area contributed by atoms with E-state index in [4.69, 9.17) is 8.83 Å². The minimum Gasteiger partial charge on any atom is -0.465 e. The maximum Gasteiger partial charge on any atom is 0.185 e. The monoisotopic (exact) mass is 282 g/mol. The molecule has 108 valence electrons. The van der Waals surface area contributed by atoms with Crippen LogP contribution in [-0.2, 0) is 4.79 Å². The summed E-state index contributed by atoms with van der Waals surface area (Å²) in [6.45, 7) is 0. The first-order chi connectivity index (χ1) is 10.3. The van der Waals surface area contributed by atoms with Crippen LogP contribution in [0.1, 0.15) is 43.6 Å². The number of furan rings is 2. The van der Waals surface area contributed by atoms with E-state index in [0.717, 1.165) is 54.8 Å². The highest BCUT2D eigenvalue weighted by atomic mass is 16.3. The third-order valence-corrected chi connectivity index (χ3v) is 3.69. The van der Waals surface area contributed by atoms with Crippen molar-refractivity contribution >= 4 is 17.9 Å². The normalized spacial score (nSPS) is 20.7. The highest BCUT2D eigenvalue weighted by molar-refractivity contribution is 6.13. The van der Waals surface area contributed by atoms with Crippen LogP contribution in [0.2, 0.25) is 0 Å². The molecule has 0 bridgehead atoms. The van der Waals surface area contributed by atoms with Crippen LogP contribution >= 0.6 is 0 Å². The molecule has 1 saturated carbocycles. The molecule has 1 fully saturated rings. The maximum absolute atomic E-state index is 12.7. The Balaban J connectivity index is 1.91. The zero-order valence-electron chi connectivity index (χ0n) is 11.9. The molecule has 0 N–H and O–H groups in total. The number of allylic oxidation sites excluding steroid dienone is 2. The third kappa shape index (κ3) is 3.43. The molecule has 0 spiro atoms. The first-order valence-electron chi connectivity index (χ1n) is 7.36. The Labute approximate surface area is 124 Å². The molecule has 2 heterocycles. The number of carbonyl (C=O) groups is 1. The number of carbonyl (C=O) groups excluding carboxylic acids is 1. The molecule has 0 saturated heterocycles. The smallest absolute Gasteiger partial charge is 0.185 e. The van der Waals surface area contributed by atoms with Crippen molar-refractivity contribution in [3.63, 3.8) is 0 Å². The second-order valence-electron chi connectivity index (χ2n) is 5.26. The Morgan fingerprint density at radius 3 is 1.76 bits per heavy atom. The van der Waals surface area contributed by atoms with Gasteiger partial charge in [-0.3, -0.25) is 4.79 Å². The van der Waals surface area contributed by atoms with Gasteiger partial charge in [0.25, 0.3) is 0 Å². The van der Waals surface area contributed by atoms with Crippen molar-refractivity contribution < 1.29 is 13.6 Å². The molecule has 3 heteroatoms. The van der Waals surface area contributed by atoms with Crippen LogP contribution in [0.3, 0.4) is 0 Å². The van der Waals surface area contributed by atoms with Gasteiger partial charge in [-0.05, 0) is 62.1 Å². The lowest BCUT2D eigenvalue weighted by atomic mass is 9.90. The van der Waals surface area contributed by atoms with Crippen LogP contribution in [0, 0.1) is 0 Å². The lowest BCUT2D eigenvalue weighted by molar-refractivity contribution is -0.112. The average molecular weight is 282 g/mol. The van der Waals surface area contributed by atoms with Crippen LogP contribution in [0.4, 0.5) is 0 Å². The molecular formula is C18H18O3. The summed E-state index contributed by atoms with van der Waals surface area (Å²) >= 11 is 0. The Hall–Kier alpha value is -2.29. The fourth-order valence-electron chi connectivity index (χ4n) is 2.61. The predicted molar refractivity (Wildman–Crippen MR) is 81.5 cm³/mol. The van der Waals surface area contributed by atoms with Gasteiger partial charge in [0.05, 0.1) is 12.5 Å². The number of Topliss-reactive ketones (excluding diaryl/α,β-unsaturated/α-hetero) is 1. The van der Waals surface area contributed by atoms with Crippen molar-refractivity contribution in [2.75, 3.05) is 0 Å². The first-order valence-corrected chi connectivity index (χ1v) is 7.36. The Kier molecular flexibility index (Phi) is 4.20. The highest BCUT2D eigenvalue weighted by Crippen LogP contribution is 2.26. The van der Waals surface area contributed by atoms with E-state index in [0.29, 0.717) is 0 Å². The van der Waals surface area contributed by atoms with Gasteiger partial charge in [-0.15, -0.1) is 0 Å². The summed E-state index contributed by atoms with van der Waals surface area (Å²) in [5.74, 6) is 1.58. The molecule has 0 amide bonds. The summed E-state index contributed by atoms with van der Waals surface area (Å²) in [6, 6.07) is 7.41. The Morgan fingerprint density at radius 1 is 0.810 bits per heavy atom. The van der Waals surface area contributed by atoms with E-state index in [1.807, 2.05) is 36.4 Å². The average Bonchev–Trinajstić information content (AvgIpc) is 3.15. The Morgan fingerprint density at radius 2 is 1.33 bits per heavy atom. The number of ketones is 1. The van der Waals surface area contributed by atoms with E-state index >= 15 is 0 Å². The summed E-state index contributed by atoms with van der Waals surface area (Å²) in [4.78, 5) is 12.7. The van der Waals surface area contributed by atoms with Gasteiger partial charge in [0.15, 0.2) is 5.78 Å². The summed E-state index contributed by atoms with van der Waals surface area (Å²) in [7, 11) is 0. The van der Waals surface area contributed by atoms with Gasteiger partial charge in [-0.1, -0.05) is 6.42 Å². The summed E-state index contributed by atoms with van der Waals surface area (Å²) in [5, 5.41) is 0. The van der Waals surface area contributed by atoms with Crippen LogP contribution in [0.15, 0.2) is 56.8 Å². The van der Waals surface area contributed by atoms with Gasteiger partial charge in [0, 0.05) is 11.1 Å². The molecule has 3 nitrogen and oxygen atoms in total. The van der Waals surface area contributed by atoms with Gasteiger partial charge in [0.1, 0.15) is 11.5 Å². The summed E-state index contributed by atoms with van der Waals surface area (Å²) in [6.07, 6.45) is 11.8. The molecule has 1 aliphatic rings. The summed E-state index contributed by atoms with van der Waals surface area (Å²) in [5.41, 5.74) is 1.64. The standard InChI is InChI=1S/C18H18O3/c19-18-14(12-16-8-4-10-20-16)6-2-1-3-7-15(18)13-17-9-5-11-21-17/h4-5,8-13H,1-3,6-7H2/b14-12+,15-13+. The largest absolute Gasteiger partial charge is 0.465 e. The zero-order valence-corrected chi connectivity index (χ0v) is 11.9. The van der Waals surface area contributed by atoms with Crippen molar-refractivity contribution in [1.82, 2.24) is 0 Å².